The monoisotopic (exact) mass is 181 g/mol. The quantitative estimate of drug-likeness (QED) is 0.704. The molecular formula is C8H7NO4. The Bertz CT molecular complexity index is 348. The minimum Gasteiger partial charge on any atom is -0.481 e. The molecule has 0 aliphatic rings. The molecule has 5 nitrogen and oxygen atoms in total. The van der Waals surface area contributed by atoms with Gasteiger partial charge < -0.3 is 10.2 Å². The van der Waals surface area contributed by atoms with E-state index in [9.17, 15) is 9.59 Å². The molecule has 0 amide bonds. The molecule has 13 heavy (non-hydrogen) atoms. The number of aliphatic carboxylic acids is 1. The molecule has 1 heterocycles. The molecular weight excluding hydrogens is 174 g/mol. The molecule has 0 saturated heterocycles. The number of hydrogen-bond donors (Lipinski definition) is 2. The highest BCUT2D eigenvalue weighted by molar-refractivity contribution is 5.85. The van der Waals surface area contributed by atoms with Crippen LogP contribution in [0.2, 0.25) is 0 Å². The Labute approximate surface area is 73.7 Å². The van der Waals surface area contributed by atoms with Crippen LogP contribution in [0.25, 0.3) is 0 Å². The van der Waals surface area contributed by atoms with Crippen LogP contribution in [0.15, 0.2) is 18.3 Å². The van der Waals surface area contributed by atoms with E-state index in [2.05, 4.69) is 4.98 Å². The molecule has 0 aliphatic carbocycles. The zero-order chi connectivity index (χ0) is 9.84. The van der Waals surface area contributed by atoms with Crippen LogP contribution in [0.5, 0.6) is 0 Å². The first-order valence-corrected chi connectivity index (χ1v) is 3.49. The Morgan fingerprint density at radius 2 is 2.08 bits per heavy atom. The lowest BCUT2D eigenvalue weighted by atomic mass is 10.2. The van der Waals surface area contributed by atoms with Crippen LogP contribution in [0, 0.1) is 0 Å². The maximum atomic E-state index is 10.4. The molecule has 0 aliphatic heterocycles. The molecule has 2 N–H and O–H groups in total. The number of carboxylic acids is 2. The zero-order valence-corrected chi connectivity index (χ0v) is 6.60. The van der Waals surface area contributed by atoms with E-state index in [1.54, 1.807) is 0 Å². The number of carboxylic acid groups (broad SMARTS) is 2. The van der Waals surface area contributed by atoms with Gasteiger partial charge in [-0.15, -0.1) is 0 Å². The van der Waals surface area contributed by atoms with Crippen molar-refractivity contribution >= 4 is 11.9 Å². The first-order chi connectivity index (χ1) is 6.09. The molecule has 0 aromatic carbocycles. The van der Waals surface area contributed by atoms with Crippen LogP contribution in [0.3, 0.4) is 0 Å². The molecule has 0 saturated carbocycles. The summed E-state index contributed by atoms with van der Waals surface area (Å²) in [6, 6.07) is 2.72. The van der Waals surface area contributed by atoms with Gasteiger partial charge in [-0.1, -0.05) is 0 Å². The number of aromatic nitrogens is 1. The summed E-state index contributed by atoms with van der Waals surface area (Å²) in [6.45, 7) is 0. The number of pyridine rings is 1. The van der Waals surface area contributed by atoms with Crippen LogP contribution < -0.4 is 0 Å². The number of carbonyl (C=O) groups is 2. The van der Waals surface area contributed by atoms with E-state index in [4.69, 9.17) is 10.2 Å². The van der Waals surface area contributed by atoms with Crippen molar-refractivity contribution in [1.29, 1.82) is 0 Å². The highest BCUT2D eigenvalue weighted by Gasteiger charge is 2.06. The smallest absolute Gasteiger partial charge is 0.354 e. The number of rotatable bonds is 3. The summed E-state index contributed by atoms with van der Waals surface area (Å²) in [4.78, 5) is 24.3. The second kappa shape index (κ2) is 3.66. The Morgan fingerprint density at radius 3 is 2.62 bits per heavy atom. The predicted octanol–water partition coefficient (Wildman–Crippen LogP) is 0.407. The molecule has 1 aromatic rings. The summed E-state index contributed by atoms with van der Waals surface area (Å²) in [6.07, 6.45) is 1.09. The zero-order valence-electron chi connectivity index (χ0n) is 6.60. The minimum absolute atomic E-state index is 0.140. The topological polar surface area (TPSA) is 87.5 Å². The van der Waals surface area contributed by atoms with E-state index in [1.165, 1.54) is 18.3 Å². The van der Waals surface area contributed by atoms with Crippen molar-refractivity contribution in [2.24, 2.45) is 0 Å². The van der Waals surface area contributed by atoms with Crippen LogP contribution in [-0.4, -0.2) is 27.1 Å². The maximum Gasteiger partial charge on any atom is 0.354 e. The van der Waals surface area contributed by atoms with Gasteiger partial charge in [0.25, 0.3) is 0 Å². The second-order valence-electron chi connectivity index (χ2n) is 2.42. The standard InChI is InChI=1S/C8H7NO4/c10-7(11)4-5-1-2-9-6(3-5)8(12)13/h1-3H,4H2,(H,10,11)(H,12,13). The molecule has 0 radical (unpaired) electrons. The Balaban J connectivity index is 2.91. The number of aromatic carboxylic acids is 1. The third-order valence-corrected chi connectivity index (χ3v) is 1.40. The second-order valence-corrected chi connectivity index (χ2v) is 2.42. The van der Waals surface area contributed by atoms with Gasteiger partial charge in [0.05, 0.1) is 6.42 Å². The van der Waals surface area contributed by atoms with Gasteiger partial charge in [-0.05, 0) is 17.7 Å². The Kier molecular flexibility index (Phi) is 2.59. The van der Waals surface area contributed by atoms with Crippen molar-refractivity contribution in [2.75, 3.05) is 0 Å². The van der Waals surface area contributed by atoms with Gasteiger partial charge in [-0.2, -0.15) is 0 Å². The lowest BCUT2D eigenvalue weighted by molar-refractivity contribution is -0.136. The van der Waals surface area contributed by atoms with Gasteiger partial charge in [-0.25, -0.2) is 9.78 Å². The fourth-order valence-electron chi connectivity index (χ4n) is 0.876. The van der Waals surface area contributed by atoms with E-state index in [0.717, 1.165) is 0 Å². The van der Waals surface area contributed by atoms with Crippen LogP contribution in [-0.2, 0) is 11.2 Å². The van der Waals surface area contributed by atoms with Crippen molar-refractivity contribution in [2.45, 2.75) is 6.42 Å². The first-order valence-electron chi connectivity index (χ1n) is 3.49. The van der Waals surface area contributed by atoms with E-state index >= 15 is 0 Å². The van der Waals surface area contributed by atoms with E-state index < -0.39 is 11.9 Å². The average molecular weight is 181 g/mol. The lowest BCUT2D eigenvalue weighted by Crippen LogP contribution is -2.04. The van der Waals surface area contributed by atoms with Gasteiger partial charge in [0.2, 0.25) is 0 Å². The van der Waals surface area contributed by atoms with Crippen LogP contribution in [0.4, 0.5) is 0 Å². The van der Waals surface area contributed by atoms with Crippen molar-refractivity contribution in [1.82, 2.24) is 4.98 Å². The lowest BCUT2D eigenvalue weighted by Gasteiger charge is -1.97. The van der Waals surface area contributed by atoms with Gasteiger partial charge in [-0.3, -0.25) is 4.79 Å². The maximum absolute atomic E-state index is 10.4. The summed E-state index contributed by atoms with van der Waals surface area (Å²) >= 11 is 0. The average Bonchev–Trinajstić information content (AvgIpc) is 2.03. The molecule has 0 atom stereocenters. The summed E-state index contributed by atoms with van der Waals surface area (Å²) < 4.78 is 0. The molecule has 0 spiro atoms. The van der Waals surface area contributed by atoms with E-state index in [1.807, 2.05) is 0 Å². The van der Waals surface area contributed by atoms with Gasteiger partial charge in [0.1, 0.15) is 5.69 Å². The third-order valence-electron chi connectivity index (χ3n) is 1.40. The largest absolute Gasteiger partial charge is 0.481 e. The molecule has 0 bridgehead atoms. The fourth-order valence-corrected chi connectivity index (χ4v) is 0.876. The molecule has 5 heteroatoms. The highest BCUT2D eigenvalue weighted by atomic mass is 16.4. The van der Waals surface area contributed by atoms with Gasteiger partial charge in [0, 0.05) is 6.20 Å². The molecule has 0 fully saturated rings. The summed E-state index contributed by atoms with van der Waals surface area (Å²) in [7, 11) is 0. The van der Waals surface area contributed by atoms with Crippen molar-refractivity contribution in [3.8, 4) is 0 Å². The van der Waals surface area contributed by atoms with Crippen molar-refractivity contribution < 1.29 is 19.8 Å². The van der Waals surface area contributed by atoms with Crippen LogP contribution >= 0.6 is 0 Å². The molecule has 0 unspecified atom stereocenters. The summed E-state index contributed by atoms with van der Waals surface area (Å²) in [5, 5.41) is 17.0. The van der Waals surface area contributed by atoms with Gasteiger partial charge >= 0.3 is 11.9 Å². The minimum atomic E-state index is -1.16. The van der Waals surface area contributed by atoms with Gasteiger partial charge in [0.15, 0.2) is 0 Å². The molecule has 68 valence electrons. The Morgan fingerprint density at radius 1 is 1.38 bits per heavy atom. The van der Waals surface area contributed by atoms with E-state index in [0.29, 0.717) is 5.56 Å². The van der Waals surface area contributed by atoms with Crippen molar-refractivity contribution in [3.05, 3.63) is 29.6 Å². The number of hydrogen-bond acceptors (Lipinski definition) is 3. The number of nitrogens with zero attached hydrogens (tertiary/aromatic N) is 1. The van der Waals surface area contributed by atoms with Crippen LogP contribution in [0.1, 0.15) is 16.1 Å². The van der Waals surface area contributed by atoms with E-state index in [-0.39, 0.29) is 12.1 Å². The molecule has 1 aromatic heterocycles. The summed E-state index contributed by atoms with van der Waals surface area (Å²) in [5.41, 5.74) is 0.290. The Hall–Kier alpha value is -1.91. The first kappa shape index (κ1) is 9.18. The predicted molar refractivity (Wildman–Crippen MR) is 42.5 cm³/mol. The summed E-state index contributed by atoms with van der Waals surface area (Å²) in [5.74, 6) is -2.16. The molecule has 1 rings (SSSR count). The highest BCUT2D eigenvalue weighted by Crippen LogP contribution is 2.02. The normalized spacial score (nSPS) is 9.54. The SMILES string of the molecule is O=C(O)Cc1ccnc(C(=O)O)c1. The fraction of sp³-hybridized carbons (Fsp3) is 0.125. The third kappa shape index (κ3) is 2.55. The van der Waals surface area contributed by atoms with Crippen molar-refractivity contribution in [3.63, 3.8) is 0 Å².